The van der Waals surface area contributed by atoms with E-state index >= 15 is 0 Å². The highest BCUT2D eigenvalue weighted by Crippen LogP contribution is 2.32. The molecule has 2 aromatic rings. The normalized spacial score (nSPS) is 13.3. The average Bonchev–Trinajstić information content (AvgIpc) is 2.80. The fraction of sp³-hybridized carbons (Fsp3) is 0.273. The first-order chi connectivity index (χ1) is 8.54. The van der Waals surface area contributed by atoms with Crippen molar-refractivity contribution in [2.75, 3.05) is 5.32 Å². The number of benzene rings is 1. The lowest BCUT2D eigenvalue weighted by atomic mass is 10.0. The Hall–Kier alpha value is -1.63. The zero-order valence-electron chi connectivity index (χ0n) is 9.19. The predicted octanol–water partition coefficient (Wildman–Crippen LogP) is 3.64. The highest BCUT2D eigenvalue weighted by atomic mass is 32.1. The minimum atomic E-state index is -4.23. The van der Waals surface area contributed by atoms with Crippen LogP contribution in [0.15, 0.2) is 36.5 Å². The number of anilines is 1. The molecule has 1 aromatic heterocycles. The summed E-state index contributed by atoms with van der Waals surface area (Å²) in [5.74, 6) is 0. The fourth-order valence-corrected chi connectivity index (χ4v) is 2.04. The second-order valence-electron chi connectivity index (χ2n) is 3.71. The number of aromatic nitrogens is 2. The molecule has 0 aliphatic carbocycles. The molecule has 0 saturated carbocycles. The van der Waals surface area contributed by atoms with Gasteiger partial charge in [-0.2, -0.15) is 13.2 Å². The minimum absolute atomic E-state index is 0.521. The van der Waals surface area contributed by atoms with E-state index in [-0.39, 0.29) is 0 Å². The van der Waals surface area contributed by atoms with Crippen molar-refractivity contribution < 1.29 is 13.2 Å². The van der Waals surface area contributed by atoms with Crippen molar-refractivity contribution in [2.45, 2.75) is 18.6 Å². The van der Waals surface area contributed by atoms with Gasteiger partial charge in [0, 0.05) is 11.5 Å². The van der Waals surface area contributed by atoms with Gasteiger partial charge >= 0.3 is 6.18 Å². The van der Waals surface area contributed by atoms with Gasteiger partial charge in [-0.05, 0) is 5.56 Å². The first-order valence-electron chi connectivity index (χ1n) is 5.20. The largest absolute Gasteiger partial charge is 0.391 e. The zero-order valence-corrected chi connectivity index (χ0v) is 10.0. The van der Waals surface area contributed by atoms with Crippen LogP contribution in [0.2, 0.25) is 0 Å². The number of halogens is 3. The van der Waals surface area contributed by atoms with Crippen LogP contribution < -0.4 is 5.32 Å². The van der Waals surface area contributed by atoms with Gasteiger partial charge in [0.15, 0.2) is 0 Å². The van der Waals surface area contributed by atoms with E-state index in [9.17, 15) is 13.2 Å². The maximum absolute atomic E-state index is 12.6. The predicted molar refractivity (Wildman–Crippen MR) is 63.4 cm³/mol. The van der Waals surface area contributed by atoms with Gasteiger partial charge in [-0.15, -0.1) is 5.10 Å². The first kappa shape index (κ1) is 12.8. The monoisotopic (exact) mass is 273 g/mol. The van der Waals surface area contributed by atoms with E-state index in [1.165, 1.54) is 6.20 Å². The molecule has 96 valence electrons. The molecule has 0 bridgehead atoms. The molecule has 0 aliphatic rings. The lowest BCUT2D eigenvalue weighted by molar-refractivity contribution is -0.137. The molecule has 0 amide bonds. The van der Waals surface area contributed by atoms with Crippen molar-refractivity contribution in [2.24, 2.45) is 0 Å². The topological polar surface area (TPSA) is 37.8 Å². The molecule has 1 N–H and O–H groups in total. The molecule has 1 heterocycles. The van der Waals surface area contributed by atoms with Gasteiger partial charge in [-0.3, -0.25) is 0 Å². The van der Waals surface area contributed by atoms with E-state index < -0.39 is 18.6 Å². The van der Waals surface area contributed by atoms with Crippen molar-refractivity contribution in [3.8, 4) is 0 Å². The van der Waals surface area contributed by atoms with E-state index in [0.29, 0.717) is 10.6 Å². The molecule has 1 unspecified atom stereocenters. The summed E-state index contributed by atoms with van der Waals surface area (Å²) < 4.78 is 41.3. The summed E-state index contributed by atoms with van der Waals surface area (Å²) in [6.45, 7) is 0. The Kier molecular flexibility index (Phi) is 3.81. The van der Waals surface area contributed by atoms with Crippen molar-refractivity contribution >= 4 is 16.5 Å². The third-order valence-corrected chi connectivity index (χ3v) is 2.91. The van der Waals surface area contributed by atoms with Crippen LogP contribution in [-0.4, -0.2) is 15.8 Å². The van der Waals surface area contributed by atoms with Crippen LogP contribution in [0.3, 0.4) is 0 Å². The van der Waals surface area contributed by atoms with Crippen LogP contribution in [0.5, 0.6) is 0 Å². The van der Waals surface area contributed by atoms with E-state index in [2.05, 4.69) is 14.9 Å². The molecule has 0 saturated heterocycles. The fourth-order valence-electron chi connectivity index (χ4n) is 1.57. The number of rotatable bonds is 4. The van der Waals surface area contributed by atoms with Gasteiger partial charge in [-0.1, -0.05) is 34.8 Å². The first-order valence-corrected chi connectivity index (χ1v) is 5.97. The molecule has 3 nitrogen and oxygen atoms in total. The summed E-state index contributed by atoms with van der Waals surface area (Å²) in [4.78, 5) is 0. The van der Waals surface area contributed by atoms with Gasteiger partial charge in [0.1, 0.15) is 5.00 Å². The van der Waals surface area contributed by atoms with E-state index in [1.54, 1.807) is 30.3 Å². The zero-order chi connectivity index (χ0) is 13.0. The third-order valence-electron chi connectivity index (χ3n) is 2.32. The Morgan fingerprint density at radius 1 is 1.22 bits per heavy atom. The number of nitrogens with one attached hydrogen (secondary N) is 1. The van der Waals surface area contributed by atoms with Gasteiger partial charge < -0.3 is 5.32 Å². The number of alkyl halides is 3. The summed E-state index contributed by atoms with van der Waals surface area (Å²) in [5.41, 5.74) is 0.586. The molecule has 0 radical (unpaired) electrons. The van der Waals surface area contributed by atoms with Crippen LogP contribution in [-0.2, 0) is 0 Å². The number of nitrogens with zero attached hydrogens (tertiary/aromatic N) is 2. The molecule has 1 aromatic carbocycles. The second-order valence-corrected chi connectivity index (χ2v) is 4.49. The van der Waals surface area contributed by atoms with Crippen LogP contribution in [0, 0.1) is 0 Å². The number of hydrogen-bond donors (Lipinski definition) is 1. The molecule has 0 fully saturated rings. The maximum Gasteiger partial charge on any atom is 0.391 e. The molecule has 1 atom stereocenters. The Morgan fingerprint density at radius 2 is 1.94 bits per heavy atom. The van der Waals surface area contributed by atoms with Crippen molar-refractivity contribution in [1.82, 2.24) is 9.59 Å². The molecule has 0 aliphatic heterocycles. The van der Waals surface area contributed by atoms with Gasteiger partial charge in [0.25, 0.3) is 0 Å². The van der Waals surface area contributed by atoms with Crippen LogP contribution in [0.1, 0.15) is 18.0 Å². The molecular formula is C11H10F3N3S. The summed E-state index contributed by atoms with van der Waals surface area (Å²) >= 11 is 1.03. The SMILES string of the molecule is FC(F)(F)CC(Nc1cnns1)c1ccccc1. The summed E-state index contributed by atoms with van der Waals surface area (Å²) in [6.07, 6.45) is -3.75. The smallest absolute Gasteiger partial charge is 0.367 e. The maximum atomic E-state index is 12.6. The van der Waals surface area contributed by atoms with Gasteiger partial charge in [0.2, 0.25) is 0 Å². The standard InChI is InChI=1S/C11H10F3N3S/c12-11(13,14)6-9(8-4-2-1-3-5-8)16-10-7-15-17-18-10/h1-5,7,9,16H,6H2. The second kappa shape index (κ2) is 5.34. The number of hydrogen-bond acceptors (Lipinski definition) is 4. The summed E-state index contributed by atoms with van der Waals surface area (Å²) in [6, 6.07) is 7.70. The Morgan fingerprint density at radius 3 is 2.50 bits per heavy atom. The Bertz CT molecular complexity index is 470. The Labute approximate surface area is 106 Å². The highest BCUT2D eigenvalue weighted by molar-refractivity contribution is 7.09. The van der Waals surface area contributed by atoms with E-state index in [4.69, 9.17) is 0 Å². The lowest BCUT2D eigenvalue weighted by Gasteiger charge is -2.20. The van der Waals surface area contributed by atoms with E-state index in [0.717, 1.165) is 11.5 Å². The molecule has 0 spiro atoms. The quantitative estimate of drug-likeness (QED) is 0.924. The van der Waals surface area contributed by atoms with Crippen LogP contribution in [0.25, 0.3) is 0 Å². The van der Waals surface area contributed by atoms with Gasteiger partial charge in [0.05, 0.1) is 18.7 Å². The average molecular weight is 273 g/mol. The summed E-state index contributed by atoms with van der Waals surface area (Å²) in [5, 5.41) is 6.92. The van der Waals surface area contributed by atoms with Crippen molar-refractivity contribution in [3.63, 3.8) is 0 Å². The molecule has 2 rings (SSSR count). The van der Waals surface area contributed by atoms with Crippen molar-refractivity contribution in [3.05, 3.63) is 42.1 Å². The lowest BCUT2D eigenvalue weighted by Crippen LogP contribution is -2.19. The third kappa shape index (κ3) is 3.69. The Balaban J connectivity index is 2.18. The minimum Gasteiger partial charge on any atom is -0.367 e. The van der Waals surface area contributed by atoms with Gasteiger partial charge in [-0.25, -0.2) is 0 Å². The van der Waals surface area contributed by atoms with Crippen LogP contribution >= 0.6 is 11.5 Å². The molecular weight excluding hydrogens is 263 g/mol. The van der Waals surface area contributed by atoms with Crippen molar-refractivity contribution in [1.29, 1.82) is 0 Å². The summed E-state index contributed by atoms with van der Waals surface area (Å²) in [7, 11) is 0. The van der Waals surface area contributed by atoms with E-state index in [1.807, 2.05) is 0 Å². The molecule has 7 heteroatoms. The highest BCUT2D eigenvalue weighted by Gasteiger charge is 2.32. The molecule has 18 heavy (non-hydrogen) atoms. The van der Waals surface area contributed by atoms with Crippen LogP contribution in [0.4, 0.5) is 18.2 Å².